The van der Waals surface area contributed by atoms with Crippen molar-refractivity contribution in [1.82, 2.24) is 4.98 Å². The van der Waals surface area contributed by atoms with Gasteiger partial charge < -0.3 is 11.1 Å². The summed E-state index contributed by atoms with van der Waals surface area (Å²) in [4.78, 5) is 4.36. The molecule has 4 heteroatoms. The SMILES string of the molecule is Cc1cc(Br)cnc1NC(CN)CC(C)C. The zero-order valence-corrected chi connectivity index (χ0v) is 11.7. The van der Waals surface area contributed by atoms with Crippen LogP contribution in [0.1, 0.15) is 25.8 Å². The number of aryl methyl sites for hydroxylation is 1. The van der Waals surface area contributed by atoms with Gasteiger partial charge in [-0.05, 0) is 46.8 Å². The van der Waals surface area contributed by atoms with Crippen molar-refractivity contribution in [3.8, 4) is 0 Å². The van der Waals surface area contributed by atoms with Crippen LogP contribution in [0.15, 0.2) is 16.7 Å². The van der Waals surface area contributed by atoms with E-state index in [0.29, 0.717) is 18.5 Å². The Balaban J connectivity index is 2.70. The highest BCUT2D eigenvalue weighted by molar-refractivity contribution is 9.10. The van der Waals surface area contributed by atoms with Gasteiger partial charge in [0.25, 0.3) is 0 Å². The number of halogens is 1. The molecule has 0 aliphatic heterocycles. The number of nitrogens with one attached hydrogen (secondary N) is 1. The topological polar surface area (TPSA) is 50.9 Å². The summed E-state index contributed by atoms with van der Waals surface area (Å²) in [5.74, 6) is 1.57. The van der Waals surface area contributed by atoms with Gasteiger partial charge in [0.1, 0.15) is 5.82 Å². The minimum atomic E-state index is 0.298. The fourth-order valence-corrected chi connectivity index (χ4v) is 2.11. The van der Waals surface area contributed by atoms with Crippen LogP contribution in [0.3, 0.4) is 0 Å². The maximum atomic E-state index is 5.75. The highest BCUT2D eigenvalue weighted by atomic mass is 79.9. The van der Waals surface area contributed by atoms with E-state index in [1.807, 2.05) is 6.92 Å². The molecule has 0 spiro atoms. The molecule has 1 heterocycles. The van der Waals surface area contributed by atoms with Gasteiger partial charge in [-0.2, -0.15) is 0 Å². The number of hydrogen-bond donors (Lipinski definition) is 2. The molecule has 1 atom stereocenters. The average molecular weight is 286 g/mol. The van der Waals surface area contributed by atoms with E-state index in [1.54, 1.807) is 6.20 Å². The van der Waals surface area contributed by atoms with Crippen molar-refractivity contribution in [1.29, 1.82) is 0 Å². The zero-order chi connectivity index (χ0) is 12.1. The lowest BCUT2D eigenvalue weighted by molar-refractivity contribution is 0.520. The third-order valence-electron chi connectivity index (χ3n) is 2.43. The average Bonchev–Trinajstić information content (AvgIpc) is 2.20. The molecule has 1 aromatic heterocycles. The molecule has 0 saturated carbocycles. The minimum Gasteiger partial charge on any atom is -0.366 e. The first-order chi connectivity index (χ1) is 7.52. The van der Waals surface area contributed by atoms with Crippen LogP contribution in [0.4, 0.5) is 5.82 Å². The van der Waals surface area contributed by atoms with Gasteiger partial charge in [0.2, 0.25) is 0 Å². The van der Waals surface area contributed by atoms with Crippen LogP contribution in [0.2, 0.25) is 0 Å². The lowest BCUT2D eigenvalue weighted by Gasteiger charge is -2.20. The van der Waals surface area contributed by atoms with Gasteiger partial charge in [0.05, 0.1) is 0 Å². The highest BCUT2D eigenvalue weighted by Gasteiger charge is 2.10. The van der Waals surface area contributed by atoms with Crippen LogP contribution >= 0.6 is 15.9 Å². The number of aromatic nitrogens is 1. The molecule has 0 bridgehead atoms. The Bertz CT molecular complexity index is 339. The predicted octanol–water partition coefficient (Wildman–Crippen LogP) is 2.94. The smallest absolute Gasteiger partial charge is 0.129 e. The molecular weight excluding hydrogens is 266 g/mol. The standard InChI is InChI=1S/C12H20BrN3/c1-8(2)4-11(6-14)16-12-9(3)5-10(13)7-15-12/h5,7-8,11H,4,6,14H2,1-3H3,(H,15,16). The van der Waals surface area contributed by atoms with Gasteiger partial charge in [-0.1, -0.05) is 13.8 Å². The molecule has 1 rings (SSSR count). The van der Waals surface area contributed by atoms with Gasteiger partial charge in [0, 0.05) is 23.3 Å². The van der Waals surface area contributed by atoms with E-state index >= 15 is 0 Å². The van der Waals surface area contributed by atoms with Crippen molar-refractivity contribution < 1.29 is 0 Å². The number of nitrogens with two attached hydrogens (primary N) is 1. The molecule has 0 saturated heterocycles. The lowest BCUT2D eigenvalue weighted by Crippen LogP contribution is -2.30. The Labute approximate surface area is 106 Å². The molecule has 90 valence electrons. The minimum absolute atomic E-state index is 0.298. The van der Waals surface area contributed by atoms with Crippen LogP contribution in [-0.2, 0) is 0 Å². The van der Waals surface area contributed by atoms with Gasteiger partial charge in [-0.25, -0.2) is 4.98 Å². The molecule has 0 radical (unpaired) electrons. The molecule has 0 aliphatic rings. The number of pyridine rings is 1. The summed E-state index contributed by atoms with van der Waals surface area (Å²) in [7, 11) is 0. The van der Waals surface area contributed by atoms with Crippen molar-refractivity contribution in [3.63, 3.8) is 0 Å². The monoisotopic (exact) mass is 285 g/mol. The summed E-state index contributed by atoms with van der Waals surface area (Å²) in [5.41, 5.74) is 6.89. The predicted molar refractivity (Wildman–Crippen MR) is 72.6 cm³/mol. The molecule has 3 nitrogen and oxygen atoms in total. The Hall–Kier alpha value is -0.610. The first-order valence-electron chi connectivity index (χ1n) is 5.61. The van der Waals surface area contributed by atoms with Crippen molar-refractivity contribution in [2.75, 3.05) is 11.9 Å². The number of rotatable bonds is 5. The third-order valence-corrected chi connectivity index (χ3v) is 2.86. The molecular formula is C12H20BrN3. The second-order valence-corrected chi connectivity index (χ2v) is 5.44. The van der Waals surface area contributed by atoms with Crippen molar-refractivity contribution >= 4 is 21.7 Å². The largest absolute Gasteiger partial charge is 0.366 e. The van der Waals surface area contributed by atoms with Crippen LogP contribution in [0, 0.1) is 12.8 Å². The number of anilines is 1. The fourth-order valence-electron chi connectivity index (χ4n) is 1.67. The number of nitrogens with zero attached hydrogens (tertiary/aromatic N) is 1. The van der Waals surface area contributed by atoms with Gasteiger partial charge in [-0.3, -0.25) is 0 Å². The number of hydrogen-bond acceptors (Lipinski definition) is 3. The van der Waals surface area contributed by atoms with E-state index in [0.717, 1.165) is 22.3 Å². The maximum absolute atomic E-state index is 5.75. The Morgan fingerprint density at radius 1 is 1.50 bits per heavy atom. The fraction of sp³-hybridized carbons (Fsp3) is 0.583. The quantitative estimate of drug-likeness (QED) is 0.875. The maximum Gasteiger partial charge on any atom is 0.129 e. The summed E-state index contributed by atoms with van der Waals surface area (Å²) >= 11 is 3.40. The molecule has 0 aromatic carbocycles. The van der Waals surface area contributed by atoms with Crippen LogP contribution in [0.5, 0.6) is 0 Å². The molecule has 0 aliphatic carbocycles. The molecule has 0 amide bonds. The summed E-state index contributed by atoms with van der Waals surface area (Å²) in [6, 6.07) is 2.35. The van der Waals surface area contributed by atoms with E-state index in [1.165, 1.54) is 0 Å². The van der Waals surface area contributed by atoms with Gasteiger partial charge in [0.15, 0.2) is 0 Å². The zero-order valence-electron chi connectivity index (χ0n) is 10.1. The Kier molecular flexibility index (Phi) is 5.22. The molecule has 0 fully saturated rings. The second kappa shape index (κ2) is 6.21. The van der Waals surface area contributed by atoms with Gasteiger partial charge >= 0.3 is 0 Å². The summed E-state index contributed by atoms with van der Waals surface area (Å²) in [5, 5.41) is 3.40. The second-order valence-electron chi connectivity index (χ2n) is 4.53. The first kappa shape index (κ1) is 13.5. The van der Waals surface area contributed by atoms with E-state index in [-0.39, 0.29) is 0 Å². The van der Waals surface area contributed by atoms with Crippen LogP contribution < -0.4 is 11.1 Å². The summed E-state index contributed by atoms with van der Waals surface area (Å²) in [6.07, 6.45) is 2.87. The van der Waals surface area contributed by atoms with Gasteiger partial charge in [-0.15, -0.1) is 0 Å². The molecule has 1 unspecified atom stereocenters. The van der Waals surface area contributed by atoms with E-state index in [4.69, 9.17) is 5.73 Å². The molecule has 3 N–H and O–H groups in total. The lowest BCUT2D eigenvalue weighted by atomic mass is 10.0. The first-order valence-corrected chi connectivity index (χ1v) is 6.41. The van der Waals surface area contributed by atoms with E-state index in [2.05, 4.69) is 46.1 Å². The highest BCUT2D eigenvalue weighted by Crippen LogP contribution is 2.18. The summed E-state index contributed by atoms with van der Waals surface area (Å²) in [6.45, 7) is 7.08. The van der Waals surface area contributed by atoms with Crippen molar-refractivity contribution in [2.24, 2.45) is 11.7 Å². The molecule has 16 heavy (non-hydrogen) atoms. The molecule has 1 aromatic rings. The van der Waals surface area contributed by atoms with E-state index < -0.39 is 0 Å². The van der Waals surface area contributed by atoms with Crippen LogP contribution in [-0.4, -0.2) is 17.6 Å². The van der Waals surface area contributed by atoms with E-state index in [9.17, 15) is 0 Å². The Morgan fingerprint density at radius 3 is 2.69 bits per heavy atom. The third kappa shape index (κ3) is 4.10. The van der Waals surface area contributed by atoms with Crippen molar-refractivity contribution in [3.05, 3.63) is 22.3 Å². The summed E-state index contributed by atoms with van der Waals surface area (Å²) < 4.78 is 1.00. The normalized spacial score (nSPS) is 12.9. The van der Waals surface area contributed by atoms with Crippen molar-refractivity contribution in [2.45, 2.75) is 33.2 Å². The Morgan fingerprint density at radius 2 is 2.19 bits per heavy atom. The van der Waals surface area contributed by atoms with Crippen LogP contribution in [0.25, 0.3) is 0 Å².